The van der Waals surface area contributed by atoms with E-state index in [1.165, 1.54) is 18.5 Å². The van der Waals surface area contributed by atoms with Crippen molar-refractivity contribution < 1.29 is 27.4 Å². The van der Waals surface area contributed by atoms with Crippen molar-refractivity contribution in [3.63, 3.8) is 0 Å². The first-order valence-corrected chi connectivity index (χ1v) is 8.48. The van der Waals surface area contributed by atoms with Crippen molar-refractivity contribution >= 4 is 28.5 Å². The smallest absolute Gasteiger partial charge is 0.422 e. The van der Waals surface area contributed by atoms with Gasteiger partial charge in [0.25, 0.3) is 0 Å². The van der Waals surface area contributed by atoms with Crippen LogP contribution >= 0.6 is 11.6 Å². The molecule has 28 heavy (non-hydrogen) atoms. The first kappa shape index (κ1) is 19.9. The Morgan fingerprint density at radius 1 is 1.32 bits per heavy atom. The first-order valence-electron chi connectivity index (χ1n) is 8.10. The van der Waals surface area contributed by atoms with E-state index < -0.39 is 18.8 Å². The molecule has 0 aromatic carbocycles. The summed E-state index contributed by atoms with van der Waals surface area (Å²) in [4.78, 5) is 19.9. The number of fused-ring (bicyclic) bond motifs is 1. The average molecular weight is 415 g/mol. The Morgan fingerprint density at radius 3 is 2.79 bits per heavy atom. The second-order valence-electron chi connectivity index (χ2n) is 5.67. The van der Waals surface area contributed by atoms with Gasteiger partial charge in [-0.05, 0) is 24.6 Å². The number of carbonyl (C=O) groups is 1. The first-order chi connectivity index (χ1) is 13.3. The molecule has 3 aromatic heterocycles. The highest BCUT2D eigenvalue weighted by molar-refractivity contribution is 6.31. The molecule has 11 heteroatoms. The maximum atomic E-state index is 12.2. The van der Waals surface area contributed by atoms with E-state index >= 15 is 0 Å². The number of halogens is 4. The summed E-state index contributed by atoms with van der Waals surface area (Å²) in [5.41, 5.74) is 1.28. The summed E-state index contributed by atoms with van der Waals surface area (Å²) in [6, 6.07) is 3.09. The van der Waals surface area contributed by atoms with Crippen molar-refractivity contribution in [1.82, 2.24) is 19.7 Å². The van der Waals surface area contributed by atoms with Crippen LogP contribution in [0.5, 0.6) is 5.88 Å². The largest absolute Gasteiger partial charge is 0.467 e. The van der Waals surface area contributed by atoms with Gasteiger partial charge in [-0.3, -0.25) is 4.68 Å². The fourth-order valence-electron chi connectivity index (χ4n) is 2.43. The lowest BCUT2D eigenvalue weighted by molar-refractivity contribution is -0.154. The molecule has 3 heterocycles. The van der Waals surface area contributed by atoms with Crippen molar-refractivity contribution in [1.29, 1.82) is 0 Å². The van der Waals surface area contributed by atoms with E-state index in [1.54, 1.807) is 23.9 Å². The van der Waals surface area contributed by atoms with Crippen LogP contribution in [0.4, 0.5) is 13.2 Å². The van der Waals surface area contributed by atoms with E-state index in [0.717, 1.165) is 0 Å². The summed E-state index contributed by atoms with van der Waals surface area (Å²) >= 11 is 5.95. The summed E-state index contributed by atoms with van der Waals surface area (Å²) in [5, 5.41) is 4.82. The van der Waals surface area contributed by atoms with Gasteiger partial charge in [0.15, 0.2) is 12.3 Å². The maximum Gasteiger partial charge on any atom is 0.422 e. The summed E-state index contributed by atoms with van der Waals surface area (Å²) in [7, 11) is 0. The second-order valence-corrected chi connectivity index (χ2v) is 6.08. The standard InChI is InChI=1S/C17H14ClF3N4O3/c1-2-27-16(26)14-11-8-25(24-13(11)3-4-22-14)7-10-5-12(18)15(23-6-10)28-9-17(19,20)21/h3-6,8H,2,7,9H2,1H3. The van der Waals surface area contributed by atoms with Gasteiger partial charge < -0.3 is 9.47 Å². The Morgan fingerprint density at radius 2 is 2.11 bits per heavy atom. The minimum Gasteiger partial charge on any atom is -0.467 e. The molecule has 3 rings (SSSR count). The topological polar surface area (TPSA) is 79.1 Å². The van der Waals surface area contributed by atoms with Gasteiger partial charge in [0.1, 0.15) is 5.02 Å². The zero-order valence-corrected chi connectivity index (χ0v) is 15.3. The van der Waals surface area contributed by atoms with Crippen LogP contribution in [0.3, 0.4) is 0 Å². The van der Waals surface area contributed by atoms with Crippen molar-refractivity contribution in [2.45, 2.75) is 19.6 Å². The van der Waals surface area contributed by atoms with Crippen molar-refractivity contribution in [3.05, 3.63) is 47.0 Å². The highest BCUT2D eigenvalue weighted by Gasteiger charge is 2.29. The quantitative estimate of drug-likeness (QED) is 0.573. The van der Waals surface area contributed by atoms with Crippen LogP contribution in [0.15, 0.2) is 30.7 Å². The number of rotatable bonds is 6. The monoisotopic (exact) mass is 414 g/mol. The highest BCUT2D eigenvalue weighted by Crippen LogP contribution is 2.25. The lowest BCUT2D eigenvalue weighted by atomic mass is 10.2. The minimum absolute atomic E-state index is 0.0488. The normalized spacial score (nSPS) is 11.6. The fourth-order valence-corrected chi connectivity index (χ4v) is 2.68. The molecule has 0 spiro atoms. The van der Waals surface area contributed by atoms with Gasteiger partial charge in [-0.1, -0.05) is 11.6 Å². The maximum absolute atomic E-state index is 12.2. The lowest BCUT2D eigenvalue weighted by Gasteiger charge is -2.10. The number of hydrogen-bond donors (Lipinski definition) is 0. The fraction of sp³-hybridized carbons (Fsp3) is 0.294. The van der Waals surface area contributed by atoms with Crippen molar-refractivity contribution in [2.75, 3.05) is 13.2 Å². The molecular weight excluding hydrogens is 401 g/mol. The van der Waals surface area contributed by atoms with Gasteiger partial charge in [-0.25, -0.2) is 14.8 Å². The number of hydrogen-bond acceptors (Lipinski definition) is 6. The predicted octanol–water partition coefficient (Wildman–Crippen LogP) is 3.65. The molecule has 3 aromatic rings. The molecule has 148 valence electrons. The minimum atomic E-state index is -4.48. The van der Waals surface area contributed by atoms with Gasteiger partial charge >= 0.3 is 12.1 Å². The molecule has 0 radical (unpaired) electrons. The Labute approximate surface area is 162 Å². The summed E-state index contributed by atoms with van der Waals surface area (Å²) in [6.07, 6.45) is -0.0638. The molecular formula is C17H14ClF3N4O3. The van der Waals surface area contributed by atoms with E-state index in [4.69, 9.17) is 16.3 Å². The van der Waals surface area contributed by atoms with Crippen LogP contribution in [0.25, 0.3) is 10.9 Å². The van der Waals surface area contributed by atoms with Gasteiger partial charge in [0.2, 0.25) is 5.88 Å². The molecule has 0 aliphatic rings. The van der Waals surface area contributed by atoms with Crippen LogP contribution in [0.2, 0.25) is 5.02 Å². The van der Waals surface area contributed by atoms with E-state index in [0.29, 0.717) is 16.5 Å². The Kier molecular flexibility index (Phi) is 5.68. The number of esters is 1. The van der Waals surface area contributed by atoms with Gasteiger partial charge in [-0.2, -0.15) is 18.3 Å². The van der Waals surface area contributed by atoms with Crippen LogP contribution in [0.1, 0.15) is 23.0 Å². The Balaban J connectivity index is 1.80. The molecule has 0 amide bonds. The summed E-state index contributed by atoms with van der Waals surface area (Å²) < 4.78 is 47.8. The van der Waals surface area contributed by atoms with Gasteiger partial charge in [-0.15, -0.1) is 0 Å². The molecule has 0 N–H and O–H groups in total. The number of pyridine rings is 2. The third kappa shape index (κ3) is 4.69. The van der Waals surface area contributed by atoms with Crippen molar-refractivity contribution in [2.24, 2.45) is 0 Å². The predicted molar refractivity (Wildman–Crippen MR) is 93.4 cm³/mol. The molecule has 0 aliphatic carbocycles. The van der Waals surface area contributed by atoms with Crippen LogP contribution in [-0.4, -0.2) is 45.1 Å². The van der Waals surface area contributed by atoms with E-state index in [1.807, 2.05) is 0 Å². The molecule has 0 bridgehead atoms. The van der Waals surface area contributed by atoms with Gasteiger partial charge in [0.05, 0.1) is 24.1 Å². The Bertz CT molecular complexity index is 1010. The van der Waals surface area contributed by atoms with Crippen LogP contribution < -0.4 is 4.74 Å². The lowest BCUT2D eigenvalue weighted by Crippen LogP contribution is -2.19. The average Bonchev–Trinajstić information content (AvgIpc) is 3.02. The van der Waals surface area contributed by atoms with E-state index in [9.17, 15) is 18.0 Å². The van der Waals surface area contributed by atoms with Gasteiger partial charge in [0, 0.05) is 18.6 Å². The number of carbonyl (C=O) groups excluding carboxylic acids is 1. The SMILES string of the molecule is CCOC(=O)c1nccc2nn(Cc3cnc(OCC(F)(F)F)c(Cl)c3)cc12. The summed E-state index contributed by atoms with van der Waals surface area (Å²) in [5.74, 6) is -0.856. The molecule has 0 unspecified atom stereocenters. The molecule has 0 saturated heterocycles. The zero-order valence-electron chi connectivity index (χ0n) is 14.5. The molecule has 0 fully saturated rings. The third-order valence-corrected chi connectivity index (χ3v) is 3.80. The zero-order chi connectivity index (χ0) is 20.3. The Hall–Kier alpha value is -2.88. The number of nitrogens with zero attached hydrogens (tertiary/aromatic N) is 4. The van der Waals surface area contributed by atoms with Crippen LogP contribution in [-0.2, 0) is 11.3 Å². The van der Waals surface area contributed by atoms with E-state index in [-0.39, 0.29) is 29.7 Å². The number of aromatic nitrogens is 4. The summed E-state index contributed by atoms with van der Waals surface area (Å²) in [6.45, 7) is 0.661. The molecule has 0 aliphatic heterocycles. The highest BCUT2D eigenvalue weighted by atomic mass is 35.5. The van der Waals surface area contributed by atoms with E-state index in [2.05, 4.69) is 19.8 Å². The molecule has 0 saturated carbocycles. The molecule has 7 nitrogen and oxygen atoms in total. The third-order valence-electron chi connectivity index (χ3n) is 3.53. The second kappa shape index (κ2) is 8.01. The number of ether oxygens (including phenoxy) is 2. The van der Waals surface area contributed by atoms with Crippen molar-refractivity contribution in [3.8, 4) is 5.88 Å². The van der Waals surface area contributed by atoms with Crippen LogP contribution in [0, 0.1) is 0 Å². The number of alkyl halides is 3. The molecule has 0 atom stereocenters.